The Balaban J connectivity index is 1.41. The van der Waals surface area contributed by atoms with Crippen molar-refractivity contribution in [2.45, 2.75) is 65.2 Å². The van der Waals surface area contributed by atoms with Crippen LogP contribution in [-0.4, -0.2) is 19.9 Å². The highest BCUT2D eigenvalue weighted by atomic mass is 14.9. The number of aromatic nitrogens is 4. The molecule has 158 valence electrons. The maximum Gasteiger partial charge on any atom is 0.109 e. The lowest BCUT2D eigenvalue weighted by atomic mass is 9.66. The maximum atomic E-state index is 4.68. The minimum absolute atomic E-state index is 0.486. The number of nitrogens with one attached hydrogen (secondary N) is 2. The molecule has 0 aliphatic heterocycles. The van der Waals surface area contributed by atoms with Gasteiger partial charge in [0.05, 0.1) is 23.8 Å². The fourth-order valence-electron chi connectivity index (χ4n) is 5.76. The Kier molecular flexibility index (Phi) is 4.31. The number of aryl methyl sites for hydroxylation is 3. The topological polar surface area (TPSA) is 57.4 Å². The minimum Gasteiger partial charge on any atom is -0.342 e. The molecule has 0 fully saturated rings. The number of aromatic amines is 2. The third-order valence-electron chi connectivity index (χ3n) is 7.60. The van der Waals surface area contributed by atoms with Crippen molar-refractivity contribution < 1.29 is 0 Å². The summed E-state index contributed by atoms with van der Waals surface area (Å²) in [5.41, 5.74) is 12.9. The first-order valence-corrected chi connectivity index (χ1v) is 11.8. The Labute approximate surface area is 183 Å². The van der Waals surface area contributed by atoms with E-state index in [-0.39, 0.29) is 0 Å². The van der Waals surface area contributed by atoms with E-state index >= 15 is 0 Å². The van der Waals surface area contributed by atoms with Crippen molar-refractivity contribution in [3.8, 4) is 11.3 Å². The molecular formula is C27H30N4. The lowest BCUT2D eigenvalue weighted by molar-refractivity contribution is 0.587. The summed E-state index contributed by atoms with van der Waals surface area (Å²) in [6, 6.07) is 4.81. The molecule has 2 atom stereocenters. The molecular weight excluding hydrogens is 380 g/mol. The van der Waals surface area contributed by atoms with Gasteiger partial charge in [0.1, 0.15) is 11.6 Å². The van der Waals surface area contributed by atoms with Crippen LogP contribution in [0.5, 0.6) is 0 Å². The van der Waals surface area contributed by atoms with E-state index in [1.165, 1.54) is 40.8 Å². The van der Waals surface area contributed by atoms with Crippen molar-refractivity contribution in [2.75, 3.05) is 0 Å². The number of nitrogens with zero attached hydrogens (tertiary/aromatic N) is 2. The maximum absolute atomic E-state index is 4.68. The van der Waals surface area contributed by atoms with Crippen LogP contribution in [-0.2, 0) is 12.8 Å². The Morgan fingerprint density at radius 1 is 1.03 bits per heavy atom. The number of benzene rings is 1. The lowest BCUT2D eigenvalue weighted by Gasteiger charge is -2.38. The van der Waals surface area contributed by atoms with Gasteiger partial charge in [-0.05, 0) is 96.9 Å². The number of hydrogen-bond donors (Lipinski definition) is 2. The molecule has 0 amide bonds. The number of imidazole rings is 2. The third kappa shape index (κ3) is 3.03. The number of rotatable bonds is 4. The Morgan fingerprint density at radius 2 is 1.84 bits per heavy atom. The molecule has 0 bridgehead atoms. The van der Waals surface area contributed by atoms with Gasteiger partial charge in [-0.2, -0.15) is 0 Å². The van der Waals surface area contributed by atoms with Gasteiger partial charge >= 0.3 is 0 Å². The summed E-state index contributed by atoms with van der Waals surface area (Å²) in [6.07, 6.45) is 13.4. The van der Waals surface area contributed by atoms with E-state index < -0.39 is 0 Å². The van der Waals surface area contributed by atoms with E-state index in [0.29, 0.717) is 11.8 Å². The van der Waals surface area contributed by atoms with Gasteiger partial charge in [0, 0.05) is 11.5 Å². The van der Waals surface area contributed by atoms with Crippen molar-refractivity contribution in [1.82, 2.24) is 19.9 Å². The summed E-state index contributed by atoms with van der Waals surface area (Å²) >= 11 is 0. The third-order valence-corrected chi connectivity index (χ3v) is 7.60. The Morgan fingerprint density at radius 3 is 2.61 bits per heavy atom. The predicted octanol–water partition coefficient (Wildman–Crippen LogP) is 6.37. The molecule has 4 heteroatoms. The quantitative estimate of drug-likeness (QED) is 0.525. The standard InChI is InChI=1S/C27H30N4/c1-4-15(2)27-29-14-24(31-27)22-11-19-7-5-17-9-21(23-13-28-16(3)30-23)10-18-6-8-20(12-22)26(19)25(17)18/h9-11,13-15,20H,4-8,12H2,1-3H3,(H,28,30)(H,29,31). The molecule has 3 aliphatic carbocycles. The van der Waals surface area contributed by atoms with Crippen LogP contribution in [0.25, 0.3) is 22.4 Å². The van der Waals surface area contributed by atoms with E-state index in [0.717, 1.165) is 43.0 Å². The number of H-pyrrole nitrogens is 2. The van der Waals surface area contributed by atoms with Crippen LogP contribution in [0.4, 0.5) is 0 Å². The molecule has 31 heavy (non-hydrogen) atoms. The molecule has 2 aromatic heterocycles. The second kappa shape index (κ2) is 7.08. The van der Waals surface area contributed by atoms with E-state index in [2.05, 4.69) is 58.2 Å². The smallest absolute Gasteiger partial charge is 0.109 e. The van der Waals surface area contributed by atoms with Crippen LogP contribution >= 0.6 is 0 Å². The summed E-state index contributed by atoms with van der Waals surface area (Å²) < 4.78 is 0. The zero-order valence-corrected chi connectivity index (χ0v) is 18.7. The lowest BCUT2D eigenvalue weighted by Crippen LogP contribution is -2.22. The minimum atomic E-state index is 0.486. The van der Waals surface area contributed by atoms with Crippen LogP contribution in [0.15, 0.2) is 36.2 Å². The SMILES string of the molecule is CCC(C)c1ncc(C2=CC3=C4c5c(cc(-c6cnc(C)[nH]6)cc5CCC4C2)CC3)[nH]1. The van der Waals surface area contributed by atoms with Gasteiger partial charge in [-0.3, -0.25) is 0 Å². The second-order valence-electron chi connectivity index (χ2n) is 9.59. The van der Waals surface area contributed by atoms with E-state index in [4.69, 9.17) is 0 Å². The zero-order chi connectivity index (χ0) is 21.1. The normalized spacial score (nSPS) is 20.5. The van der Waals surface area contributed by atoms with Crippen molar-refractivity contribution in [1.29, 1.82) is 0 Å². The van der Waals surface area contributed by atoms with Gasteiger partial charge in [-0.1, -0.05) is 19.9 Å². The molecule has 6 rings (SSSR count). The Hall–Kier alpha value is -2.88. The second-order valence-corrected chi connectivity index (χ2v) is 9.59. The van der Waals surface area contributed by atoms with E-state index in [9.17, 15) is 0 Å². The highest BCUT2D eigenvalue weighted by Gasteiger charge is 2.34. The van der Waals surface area contributed by atoms with Crippen LogP contribution in [0.2, 0.25) is 0 Å². The first-order valence-electron chi connectivity index (χ1n) is 11.8. The summed E-state index contributed by atoms with van der Waals surface area (Å²) in [4.78, 5) is 16.1. The van der Waals surface area contributed by atoms with E-state index in [1.54, 1.807) is 16.7 Å². The summed E-state index contributed by atoms with van der Waals surface area (Å²) in [6.45, 7) is 6.49. The van der Waals surface area contributed by atoms with Crippen LogP contribution < -0.4 is 0 Å². The monoisotopic (exact) mass is 410 g/mol. The van der Waals surface area contributed by atoms with Crippen LogP contribution in [0.1, 0.15) is 79.5 Å². The van der Waals surface area contributed by atoms with Crippen LogP contribution in [0, 0.1) is 12.8 Å². The molecule has 2 heterocycles. The Bertz CT molecular complexity index is 1240. The molecule has 3 aromatic rings. The van der Waals surface area contributed by atoms with Gasteiger partial charge in [-0.25, -0.2) is 9.97 Å². The van der Waals surface area contributed by atoms with Crippen LogP contribution in [0.3, 0.4) is 0 Å². The fourth-order valence-corrected chi connectivity index (χ4v) is 5.76. The average Bonchev–Trinajstić information content (AvgIpc) is 3.46. The van der Waals surface area contributed by atoms with Crippen molar-refractivity contribution in [3.63, 3.8) is 0 Å². The van der Waals surface area contributed by atoms with E-state index in [1.807, 2.05) is 13.1 Å². The molecule has 0 saturated heterocycles. The van der Waals surface area contributed by atoms with Gasteiger partial charge in [0.15, 0.2) is 0 Å². The molecule has 2 unspecified atom stereocenters. The van der Waals surface area contributed by atoms with Crippen molar-refractivity contribution >= 4 is 11.1 Å². The molecule has 4 nitrogen and oxygen atoms in total. The molecule has 0 saturated carbocycles. The molecule has 3 aliphatic rings. The number of allylic oxidation sites excluding steroid dienone is 4. The molecule has 2 N–H and O–H groups in total. The summed E-state index contributed by atoms with van der Waals surface area (Å²) in [5, 5.41) is 0. The molecule has 1 aromatic carbocycles. The van der Waals surface area contributed by atoms with Gasteiger partial charge in [0.2, 0.25) is 0 Å². The summed E-state index contributed by atoms with van der Waals surface area (Å²) in [5.74, 6) is 3.22. The predicted molar refractivity (Wildman–Crippen MR) is 126 cm³/mol. The average molecular weight is 411 g/mol. The van der Waals surface area contributed by atoms with Gasteiger partial charge in [-0.15, -0.1) is 0 Å². The largest absolute Gasteiger partial charge is 0.342 e. The number of hydrogen-bond acceptors (Lipinski definition) is 2. The van der Waals surface area contributed by atoms with Gasteiger partial charge in [0.25, 0.3) is 0 Å². The van der Waals surface area contributed by atoms with Crippen molar-refractivity contribution in [2.24, 2.45) is 5.92 Å². The molecule has 0 spiro atoms. The first-order chi connectivity index (χ1) is 15.1. The summed E-state index contributed by atoms with van der Waals surface area (Å²) in [7, 11) is 0. The highest BCUT2D eigenvalue weighted by Crippen LogP contribution is 2.51. The highest BCUT2D eigenvalue weighted by molar-refractivity contribution is 5.87. The zero-order valence-electron chi connectivity index (χ0n) is 18.7. The van der Waals surface area contributed by atoms with Crippen molar-refractivity contribution in [3.05, 3.63) is 70.2 Å². The fraction of sp³-hybridized carbons (Fsp3) is 0.407. The first kappa shape index (κ1) is 18.9. The molecule has 0 radical (unpaired) electrons. The van der Waals surface area contributed by atoms with Gasteiger partial charge < -0.3 is 9.97 Å².